The lowest BCUT2D eigenvalue weighted by molar-refractivity contribution is -0.118. The highest BCUT2D eigenvalue weighted by atomic mass is 32.2. The van der Waals surface area contributed by atoms with Crippen molar-refractivity contribution in [1.82, 2.24) is 0 Å². The van der Waals surface area contributed by atoms with E-state index in [1.165, 1.54) is 32.0 Å². The molecule has 1 aliphatic heterocycles. The molecule has 0 radical (unpaired) electrons. The summed E-state index contributed by atoms with van der Waals surface area (Å²) >= 11 is 0. The van der Waals surface area contributed by atoms with E-state index in [9.17, 15) is 13.2 Å². The second-order valence-corrected chi connectivity index (χ2v) is 6.36. The zero-order valence-electron chi connectivity index (χ0n) is 9.37. The van der Waals surface area contributed by atoms with Crippen molar-refractivity contribution in [3.8, 4) is 0 Å². The second-order valence-electron chi connectivity index (χ2n) is 3.89. The lowest BCUT2D eigenvalue weighted by atomic mass is 10.2. The third kappa shape index (κ3) is 1.19. The Hall–Kier alpha value is -1.36. The van der Waals surface area contributed by atoms with E-state index < -0.39 is 20.5 Å². The summed E-state index contributed by atoms with van der Waals surface area (Å²) in [4.78, 5) is 11.7. The van der Waals surface area contributed by atoms with Gasteiger partial charge in [-0.05, 0) is 26.0 Å². The van der Waals surface area contributed by atoms with Crippen molar-refractivity contribution in [2.24, 2.45) is 0 Å². The number of sulfone groups is 1. The molecule has 4 nitrogen and oxygen atoms in total. The number of para-hydroxylation sites is 1. The Morgan fingerprint density at radius 3 is 2.73 bits per heavy atom. The fourth-order valence-electron chi connectivity index (χ4n) is 1.42. The van der Waals surface area contributed by atoms with Crippen LogP contribution in [0.4, 0.5) is 5.69 Å². The molecular formula is C10H11NO3S. The van der Waals surface area contributed by atoms with Crippen LogP contribution in [0.3, 0.4) is 0 Å². The smallest absolute Gasteiger partial charge is 0.245 e. The van der Waals surface area contributed by atoms with Gasteiger partial charge in [0.2, 0.25) is 5.91 Å². The van der Waals surface area contributed by atoms with Gasteiger partial charge < -0.3 is 5.32 Å². The van der Waals surface area contributed by atoms with Crippen molar-refractivity contribution in [3.63, 3.8) is 0 Å². The minimum absolute atomic E-state index is 0.0769. The van der Waals surface area contributed by atoms with Crippen LogP contribution in [0.15, 0.2) is 29.1 Å². The van der Waals surface area contributed by atoms with Gasteiger partial charge in [-0.25, -0.2) is 8.42 Å². The Labute approximate surface area is 89.6 Å². The molecule has 1 aliphatic rings. The average Bonchev–Trinajstić information content (AvgIpc) is 2.15. The number of nitrogens with one attached hydrogen (secondary N) is 1. The maximum absolute atomic E-state index is 12.1. The quantitative estimate of drug-likeness (QED) is 0.722. The van der Waals surface area contributed by atoms with Crippen LogP contribution in [-0.2, 0) is 14.6 Å². The number of anilines is 1. The summed E-state index contributed by atoms with van der Waals surface area (Å²) in [7, 11) is -3.68. The summed E-state index contributed by atoms with van der Waals surface area (Å²) < 4.78 is 30.2. The number of hydrogen-bond donors (Lipinski definition) is 1. The minimum atomic E-state index is -3.68. The van der Waals surface area contributed by atoms with E-state index in [0.29, 0.717) is 0 Å². The lowest BCUT2D eigenvalue weighted by Gasteiger charge is -2.29. The molecule has 0 atom stereocenters. The van der Waals surface area contributed by atoms with Crippen LogP contribution in [0, 0.1) is 0 Å². The molecule has 1 amide bonds. The van der Waals surface area contributed by atoms with Gasteiger partial charge in [0.05, 0.1) is 12.0 Å². The molecule has 80 valence electrons. The first-order valence-corrected chi connectivity index (χ1v) is 5.92. The van der Waals surface area contributed by atoms with E-state index >= 15 is 0 Å². The van der Waals surface area contributed by atoms with E-state index in [-0.39, 0.29) is 16.6 Å². The molecule has 0 spiro atoms. The van der Waals surface area contributed by atoms with Crippen molar-refractivity contribution in [1.29, 1.82) is 0 Å². The molecule has 0 fully saturated rings. The van der Waals surface area contributed by atoms with Crippen LogP contribution >= 0.6 is 0 Å². The monoisotopic (exact) mass is 226 g/mol. The number of benzene rings is 1. The van der Waals surface area contributed by atoms with Gasteiger partial charge in [0.1, 0.15) is 4.75 Å². The summed E-state index contributed by atoms with van der Waals surface area (Å²) in [5.41, 5.74) is 0.192. The molecule has 0 saturated carbocycles. The summed E-state index contributed by atoms with van der Waals surface area (Å²) in [5.74, 6) is -0.564. The van der Waals surface area contributed by atoms with Crippen LogP contribution < -0.4 is 5.32 Å². The van der Waals surface area contributed by atoms with Crippen LogP contribution in [0.25, 0.3) is 0 Å². The van der Waals surface area contributed by atoms with E-state index in [2.05, 4.69) is 5.32 Å². The molecular weight excluding hydrogens is 214 g/mol. The van der Waals surface area contributed by atoms with Crippen LogP contribution in [0.1, 0.15) is 15.2 Å². The Morgan fingerprint density at radius 1 is 1.40 bits per heavy atom. The third-order valence-electron chi connectivity index (χ3n) is 2.58. The van der Waals surface area contributed by atoms with Crippen molar-refractivity contribution in [3.05, 3.63) is 24.2 Å². The van der Waals surface area contributed by atoms with Crippen molar-refractivity contribution >= 4 is 21.4 Å². The summed E-state index contributed by atoms with van der Waals surface area (Å²) in [5, 5.41) is 2.51. The third-order valence-corrected chi connectivity index (χ3v) is 5.04. The molecule has 1 N–H and O–H groups in total. The zero-order chi connectivity index (χ0) is 12.1. The largest absolute Gasteiger partial charge is 0.324 e. The van der Waals surface area contributed by atoms with E-state index in [0.717, 1.165) is 0 Å². The van der Waals surface area contributed by atoms with Gasteiger partial charge in [-0.1, -0.05) is 12.1 Å². The maximum atomic E-state index is 12.1. The van der Waals surface area contributed by atoms with E-state index in [4.69, 9.17) is 1.37 Å². The van der Waals surface area contributed by atoms with Crippen molar-refractivity contribution < 1.29 is 14.6 Å². The van der Waals surface area contributed by atoms with Crippen molar-refractivity contribution in [2.45, 2.75) is 23.5 Å². The highest BCUT2D eigenvalue weighted by Gasteiger charge is 2.47. The van der Waals surface area contributed by atoms with Gasteiger partial charge >= 0.3 is 0 Å². The maximum Gasteiger partial charge on any atom is 0.245 e. The standard InChI is InChI=1S/C10H11NO3S/c1-10(2)9(12)11-7-5-3-4-6-8(7)15(10,13)14/h3-6H,1-2H3,(H,11,12)/i3D. The normalized spacial score (nSPS) is 22.5. The Balaban J connectivity index is 2.78. The van der Waals surface area contributed by atoms with Gasteiger partial charge in [0.25, 0.3) is 0 Å². The zero-order valence-corrected chi connectivity index (χ0v) is 9.18. The Kier molecular flexibility index (Phi) is 1.68. The number of carbonyl (C=O) groups excluding carboxylic acids is 1. The lowest BCUT2D eigenvalue weighted by Crippen LogP contribution is -2.48. The number of carbonyl (C=O) groups is 1. The highest BCUT2D eigenvalue weighted by molar-refractivity contribution is 7.94. The molecule has 15 heavy (non-hydrogen) atoms. The SMILES string of the molecule is [2H]c1ccc2c(c1)NC(=O)C(C)(C)S2(=O)=O. The predicted molar refractivity (Wildman–Crippen MR) is 56.3 cm³/mol. The van der Waals surface area contributed by atoms with Gasteiger partial charge in [-0.15, -0.1) is 0 Å². The highest BCUT2D eigenvalue weighted by Crippen LogP contribution is 2.35. The number of fused-ring (bicyclic) bond motifs is 1. The van der Waals surface area contributed by atoms with E-state index in [1.807, 2.05) is 0 Å². The fourth-order valence-corrected chi connectivity index (χ4v) is 2.91. The Bertz CT molecular complexity index is 578. The number of hydrogen-bond acceptors (Lipinski definition) is 3. The van der Waals surface area contributed by atoms with Crippen LogP contribution in [0.2, 0.25) is 0 Å². The van der Waals surface area contributed by atoms with Gasteiger partial charge in [0, 0.05) is 0 Å². The first kappa shape index (κ1) is 8.91. The summed E-state index contributed by atoms with van der Waals surface area (Å²) in [6.07, 6.45) is 0. The van der Waals surface area contributed by atoms with Gasteiger partial charge in [-0.3, -0.25) is 4.79 Å². The Morgan fingerprint density at radius 2 is 2.07 bits per heavy atom. The summed E-state index contributed by atoms with van der Waals surface area (Å²) in [6, 6.07) is 4.24. The van der Waals surface area contributed by atoms with Crippen LogP contribution in [0.5, 0.6) is 0 Å². The molecule has 1 heterocycles. The molecule has 0 unspecified atom stereocenters. The molecule has 5 heteroatoms. The van der Waals surface area contributed by atoms with Crippen molar-refractivity contribution in [2.75, 3.05) is 5.32 Å². The minimum Gasteiger partial charge on any atom is -0.324 e. The predicted octanol–water partition coefficient (Wildman–Crippen LogP) is 1.19. The molecule has 1 aromatic rings. The number of amides is 1. The molecule has 1 aromatic carbocycles. The average molecular weight is 226 g/mol. The van der Waals surface area contributed by atoms with E-state index in [1.54, 1.807) is 0 Å². The fraction of sp³-hybridized carbons (Fsp3) is 0.300. The number of rotatable bonds is 0. The molecule has 0 saturated heterocycles. The first-order chi connectivity index (χ1) is 7.26. The molecule has 0 aromatic heterocycles. The molecule has 2 rings (SSSR count). The summed E-state index contributed by atoms with van der Waals surface area (Å²) in [6.45, 7) is 2.74. The van der Waals surface area contributed by atoms with Gasteiger partial charge in [0.15, 0.2) is 9.84 Å². The molecule has 0 aliphatic carbocycles. The topological polar surface area (TPSA) is 63.2 Å². The first-order valence-electron chi connectivity index (χ1n) is 4.93. The van der Waals surface area contributed by atoms with Gasteiger partial charge in [-0.2, -0.15) is 0 Å². The molecule has 0 bridgehead atoms. The van der Waals surface area contributed by atoms with Crippen LogP contribution in [-0.4, -0.2) is 19.1 Å². The second kappa shape index (κ2) is 2.82.